The zero-order chi connectivity index (χ0) is 12.7. The maximum Gasteiger partial charge on any atom is 0.320 e. The zero-order valence-electron chi connectivity index (χ0n) is 10.5. The van der Waals surface area contributed by atoms with E-state index in [2.05, 4.69) is 21.8 Å². The van der Waals surface area contributed by atoms with Crippen molar-refractivity contribution in [3.05, 3.63) is 18.2 Å². The summed E-state index contributed by atoms with van der Waals surface area (Å²) >= 11 is 0. The molecule has 0 aliphatic carbocycles. The molecule has 0 fully saturated rings. The molecule has 0 aliphatic rings. The number of aryl methyl sites for hydroxylation is 1. The van der Waals surface area contributed by atoms with Crippen LogP contribution in [0.1, 0.15) is 38.8 Å². The standard InChI is InChI=1S/C12H21N3O2/c1-3-5-11(12(16)17)14-8-10-7-13-9-15(10)6-4-2/h7,9,11,14H,3-6,8H2,1-2H3,(H,16,17). The van der Waals surface area contributed by atoms with Crippen molar-refractivity contribution >= 4 is 5.97 Å². The molecule has 1 aromatic rings. The maximum absolute atomic E-state index is 11.0. The first-order valence-corrected chi connectivity index (χ1v) is 6.14. The first-order valence-electron chi connectivity index (χ1n) is 6.14. The molecular formula is C12H21N3O2. The van der Waals surface area contributed by atoms with Gasteiger partial charge in [0.15, 0.2) is 0 Å². The third-order valence-electron chi connectivity index (χ3n) is 2.67. The van der Waals surface area contributed by atoms with Gasteiger partial charge in [0, 0.05) is 19.3 Å². The highest BCUT2D eigenvalue weighted by Crippen LogP contribution is 2.03. The Morgan fingerprint density at radius 3 is 2.88 bits per heavy atom. The van der Waals surface area contributed by atoms with E-state index in [1.807, 2.05) is 6.92 Å². The van der Waals surface area contributed by atoms with Crippen molar-refractivity contribution in [2.24, 2.45) is 0 Å². The van der Waals surface area contributed by atoms with Crippen LogP contribution in [0.15, 0.2) is 12.5 Å². The van der Waals surface area contributed by atoms with E-state index >= 15 is 0 Å². The molecule has 0 spiro atoms. The smallest absolute Gasteiger partial charge is 0.320 e. The highest BCUT2D eigenvalue weighted by atomic mass is 16.4. The predicted octanol–water partition coefficient (Wildman–Crippen LogP) is 1.64. The molecule has 0 aliphatic heterocycles. The maximum atomic E-state index is 11.0. The molecule has 0 radical (unpaired) electrons. The molecule has 0 amide bonds. The van der Waals surface area contributed by atoms with E-state index in [9.17, 15) is 4.79 Å². The van der Waals surface area contributed by atoms with Gasteiger partial charge in [0.1, 0.15) is 6.04 Å². The molecule has 17 heavy (non-hydrogen) atoms. The second-order valence-corrected chi connectivity index (χ2v) is 4.14. The van der Waals surface area contributed by atoms with Gasteiger partial charge in [-0.3, -0.25) is 10.1 Å². The van der Waals surface area contributed by atoms with Crippen LogP contribution in [-0.4, -0.2) is 26.7 Å². The Hall–Kier alpha value is -1.36. The van der Waals surface area contributed by atoms with E-state index in [0.29, 0.717) is 13.0 Å². The fourth-order valence-corrected chi connectivity index (χ4v) is 1.77. The summed E-state index contributed by atoms with van der Waals surface area (Å²) in [5, 5.41) is 12.1. The lowest BCUT2D eigenvalue weighted by Gasteiger charge is -2.14. The predicted molar refractivity (Wildman–Crippen MR) is 65.7 cm³/mol. The summed E-state index contributed by atoms with van der Waals surface area (Å²) in [6, 6.07) is -0.468. The van der Waals surface area contributed by atoms with Crippen molar-refractivity contribution in [3.63, 3.8) is 0 Å². The quantitative estimate of drug-likeness (QED) is 0.723. The second-order valence-electron chi connectivity index (χ2n) is 4.14. The molecule has 1 rings (SSSR count). The van der Waals surface area contributed by atoms with Crippen molar-refractivity contribution in [1.82, 2.24) is 14.9 Å². The molecule has 0 aromatic carbocycles. The SMILES string of the molecule is CCCC(NCc1cncn1CCC)C(=O)O. The number of rotatable bonds is 8. The van der Waals surface area contributed by atoms with Crippen molar-refractivity contribution in [2.45, 2.75) is 52.2 Å². The van der Waals surface area contributed by atoms with Crippen LogP contribution in [0.5, 0.6) is 0 Å². The minimum absolute atomic E-state index is 0.468. The Balaban J connectivity index is 2.52. The van der Waals surface area contributed by atoms with Crippen LogP contribution in [-0.2, 0) is 17.9 Å². The molecule has 0 saturated heterocycles. The van der Waals surface area contributed by atoms with Crippen molar-refractivity contribution in [3.8, 4) is 0 Å². The summed E-state index contributed by atoms with van der Waals surface area (Å²) < 4.78 is 2.05. The average Bonchev–Trinajstić information content (AvgIpc) is 2.72. The lowest BCUT2D eigenvalue weighted by atomic mass is 10.1. The van der Waals surface area contributed by atoms with Gasteiger partial charge in [-0.15, -0.1) is 0 Å². The normalized spacial score (nSPS) is 12.6. The average molecular weight is 239 g/mol. The molecule has 1 unspecified atom stereocenters. The molecule has 1 atom stereocenters. The van der Waals surface area contributed by atoms with Crippen molar-refractivity contribution in [1.29, 1.82) is 0 Å². The van der Waals surface area contributed by atoms with Crippen LogP contribution in [0.25, 0.3) is 0 Å². The number of nitrogens with one attached hydrogen (secondary N) is 1. The number of hydrogen-bond acceptors (Lipinski definition) is 3. The van der Waals surface area contributed by atoms with Crippen LogP contribution in [0, 0.1) is 0 Å². The Morgan fingerprint density at radius 2 is 2.29 bits per heavy atom. The number of carboxylic acid groups (broad SMARTS) is 1. The minimum atomic E-state index is -0.784. The molecule has 1 heterocycles. The van der Waals surface area contributed by atoms with Gasteiger partial charge in [-0.25, -0.2) is 4.98 Å². The lowest BCUT2D eigenvalue weighted by molar-refractivity contribution is -0.139. The summed E-state index contributed by atoms with van der Waals surface area (Å²) in [4.78, 5) is 15.1. The van der Waals surface area contributed by atoms with Crippen LogP contribution < -0.4 is 5.32 Å². The highest BCUT2D eigenvalue weighted by molar-refractivity contribution is 5.73. The highest BCUT2D eigenvalue weighted by Gasteiger charge is 2.15. The molecule has 2 N–H and O–H groups in total. The van der Waals surface area contributed by atoms with Gasteiger partial charge in [0.05, 0.1) is 12.0 Å². The summed E-state index contributed by atoms with van der Waals surface area (Å²) in [5.74, 6) is -0.784. The fourth-order valence-electron chi connectivity index (χ4n) is 1.77. The molecule has 5 heteroatoms. The summed E-state index contributed by atoms with van der Waals surface area (Å²) in [6.45, 7) is 5.56. The van der Waals surface area contributed by atoms with E-state index in [1.165, 1.54) is 0 Å². The number of aliphatic carboxylic acids is 1. The Morgan fingerprint density at radius 1 is 1.53 bits per heavy atom. The Kier molecular flexibility index (Phi) is 5.69. The van der Waals surface area contributed by atoms with Crippen LogP contribution >= 0.6 is 0 Å². The summed E-state index contributed by atoms with van der Waals surface area (Å²) in [6.07, 6.45) is 6.12. The van der Waals surface area contributed by atoms with Crippen LogP contribution in [0.3, 0.4) is 0 Å². The van der Waals surface area contributed by atoms with E-state index in [1.54, 1.807) is 12.5 Å². The van der Waals surface area contributed by atoms with E-state index in [-0.39, 0.29) is 0 Å². The molecule has 96 valence electrons. The van der Waals surface area contributed by atoms with Gasteiger partial charge >= 0.3 is 5.97 Å². The van der Waals surface area contributed by atoms with Crippen LogP contribution in [0.2, 0.25) is 0 Å². The molecule has 5 nitrogen and oxygen atoms in total. The van der Waals surface area contributed by atoms with E-state index < -0.39 is 12.0 Å². The molecular weight excluding hydrogens is 218 g/mol. The molecule has 0 bridgehead atoms. The van der Waals surface area contributed by atoms with Gasteiger partial charge in [-0.2, -0.15) is 0 Å². The first-order chi connectivity index (χ1) is 8.19. The lowest BCUT2D eigenvalue weighted by Crippen LogP contribution is -2.36. The van der Waals surface area contributed by atoms with E-state index in [0.717, 1.165) is 25.1 Å². The second kappa shape index (κ2) is 7.06. The largest absolute Gasteiger partial charge is 0.480 e. The topological polar surface area (TPSA) is 67.2 Å². The number of carboxylic acids is 1. The third-order valence-corrected chi connectivity index (χ3v) is 2.67. The third kappa shape index (κ3) is 4.19. The summed E-state index contributed by atoms with van der Waals surface area (Å²) in [7, 11) is 0. The van der Waals surface area contributed by atoms with Gasteiger partial charge in [0.25, 0.3) is 0 Å². The van der Waals surface area contributed by atoms with E-state index in [4.69, 9.17) is 5.11 Å². The fraction of sp³-hybridized carbons (Fsp3) is 0.667. The number of aromatic nitrogens is 2. The Bertz CT molecular complexity index is 349. The van der Waals surface area contributed by atoms with Crippen molar-refractivity contribution < 1.29 is 9.90 Å². The molecule has 0 saturated carbocycles. The van der Waals surface area contributed by atoms with Gasteiger partial charge in [0.2, 0.25) is 0 Å². The van der Waals surface area contributed by atoms with Crippen molar-refractivity contribution in [2.75, 3.05) is 0 Å². The zero-order valence-corrected chi connectivity index (χ0v) is 10.5. The van der Waals surface area contributed by atoms with Gasteiger partial charge in [-0.1, -0.05) is 20.3 Å². The number of imidazole rings is 1. The number of carbonyl (C=O) groups is 1. The minimum Gasteiger partial charge on any atom is -0.480 e. The van der Waals surface area contributed by atoms with Gasteiger partial charge < -0.3 is 9.67 Å². The Labute approximate surface area is 102 Å². The first kappa shape index (κ1) is 13.7. The van der Waals surface area contributed by atoms with Gasteiger partial charge in [-0.05, 0) is 12.8 Å². The van der Waals surface area contributed by atoms with Crippen LogP contribution in [0.4, 0.5) is 0 Å². The number of hydrogen-bond donors (Lipinski definition) is 2. The molecule has 1 aromatic heterocycles. The summed E-state index contributed by atoms with van der Waals surface area (Å²) in [5.41, 5.74) is 1.04. The monoisotopic (exact) mass is 239 g/mol. The number of nitrogens with zero attached hydrogens (tertiary/aromatic N) is 2.